The fourth-order valence-corrected chi connectivity index (χ4v) is 4.85. The molecule has 1 N–H and O–H groups in total. The number of benzene rings is 1. The lowest BCUT2D eigenvalue weighted by molar-refractivity contribution is 0.0926. The fourth-order valence-electron chi connectivity index (χ4n) is 4.15. The van der Waals surface area contributed by atoms with Gasteiger partial charge in [0, 0.05) is 30.3 Å². The minimum Gasteiger partial charge on any atom is -0.451 e. The number of fused-ring (bicyclic) bond motifs is 2. The molecule has 1 aliphatic heterocycles. The van der Waals surface area contributed by atoms with Crippen LogP contribution in [0.3, 0.4) is 0 Å². The van der Waals surface area contributed by atoms with Crippen LogP contribution < -0.4 is 10.2 Å². The molecule has 1 aliphatic rings. The molecule has 3 aromatic heterocycles. The summed E-state index contributed by atoms with van der Waals surface area (Å²) in [5.74, 6) is 1.05. The van der Waals surface area contributed by atoms with Crippen molar-refractivity contribution in [3.8, 4) is 0 Å². The molecule has 33 heavy (non-hydrogen) atoms. The third kappa shape index (κ3) is 4.68. The second-order valence-corrected chi connectivity index (χ2v) is 10.1. The van der Waals surface area contributed by atoms with Crippen LogP contribution in [0.4, 0.5) is 5.82 Å². The van der Waals surface area contributed by atoms with Gasteiger partial charge in [-0.3, -0.25) is 4.79 Å². The van der Waals surface area contributed by atoms with E-state index in [1.165, 1.54) is 19.3 Å². The van der Waals surface area contributed by atoms with Crippen molar-refractivity contribution in [3.05, 3.63) is 42.3 Å². The van der Waals surface area contributed by atoms with E-state index in [0.717, 1.165) is 40.5 Å². The number of carbonyl (C=O) groups is 1. The summed E-state index contributed by atoms with van der Waals surface area (Å²) >= 11 is 1.66. The lowest BCUT2D eigenvalue weighted by Crippen LogP contribution is -2.30. The second-order valence-electron chi connectivity index (χ2n) is 8.55. The molecule has 0 bridgehead atoms. The van der Waals surface area contributed by atoms with Crippen molar-refractivity contribution in [2.45, 2.75) is 50.1 Å². The molecule has 1 amide bonds. The van der Waals surface area contributed by atoms with Gasteiger partial charge in [0.1, 0.15) is 11.4 Å². The first-order valence-corrected chi connectivity index (χ1v) is 12.4. The summed E-state index contributed by atoms with van der Waals surface area (Å²) in [5.41, 5.74) is 1.52. The van der Waals surface area contributed by atoms with Crippen molar-refractivity contribution in [3.63, 3.8) is 0 Å². The van der Waals surface area contributed by atoms with E-state index in [4.69, 9.17) is 14.4 Å². The number of carbonyl (C=O) groups excluding carboxylic acids is 1. The van der Waals surface area contributed by atoms with Crippen LogP contribution in [-0.4, -0.2) is 50.5 Å². The van der Waals surface area contributed by atoms with Gasteiger partial charge in [-0.2, -0.15) is 5.10 Å². The van der Waals surface area contributed by atoms with Gasteiger partial charge in [-0.1, -0.05) is 43.8 Å². The molecule has 0 atom stereocenters. The van der Waals surface area contributed by atoms with Crippen molar-refractivity contribution in [1.29, 1.82) is 0 Å². The maximum atomic E-state index is 12.6. The van der Waals surface area contributed by atoms with Gasteiger partial charge in [-0.15, -0.1) is 0 Å². The number of thioether (sulfide) groups is 1. The van der Waals surface area contributed by atoms with E-state index in [0.29, 0.717) is 29.7 Å². The van der Waals surface area contributed by atoms with Gasteiger partial charge >= 0.3 is 0 Å². The van der Waals surface area contributed by atoms with Gasteiger partial charge < -0.3 is 14.6 Å². The lowest BCUT2D eigenvalue weighted by atomic mass is 10.1. The van der Waals surface area contributed by atoms with Gasteiger partial charge in [0.2, 0.25) is 0 Å². The number of hydrogen-bond acceptors (Lipinski definition) is 7. The molecular weight excluding hydrogens is 436 g/mol. The standard InChI is InChI=1S/C24H28N6O2S/c1-16(2)33-24-27-21(29-11-6-3-7-12-29)18-15-26-30(22(18)28-24)13-10-25-23(31)20-14-17-8-4-5-9-19(17)32-20/h4-5,8-9,14-16H,3,6-7,10-13H2,1-2H3,(H,25,31). The summed E-state index contributed by atoms with van der Waals surface area (Å²) in [6.45, 7) is 7.24. The average molecular weight is 465 g/mol. The van der Waals surface area contributed by atoms with Crippen molar-refractivity contribution in [2.75, 3.05) is 24.5 Å². The Labute approximate surface area is 196 Å². The van der Waals surface area contributed by atoms with Crippen molar-refractivity contribution >= 4 is 45.5 Å². The zero-order valence-electron chi connectivity index (χ0n) is 19.0. The van der Waals surface area contributed by atoms with E-state index >= 15 is 0 Å². The molecule has 8 nitrogen and oxygen atoms in total. The van der Waals surface area contributed by atoms with Crippen LogP contribution in [0.25, 0.3) is 22.0 Å². The molecule has 5 rings (SSSR count). The van der Waals surface area contributed by atoms with E-state index in [1.54, 1.807) is 17.8 Å². The molecule has 0 spiro atoms. The van der Waals surface area contributed by atoms with Gasteiger partial charge in [0.25, 0.3) is 5.91 Å². The second kappa shape index (κ2) is 9.43. The topological polar surface area (TPSA) is 89.1 Å². The predicted molar refractivity (Wildman–Crippen MR) is 131 cm³/mol. The number of hydrogen-bond donors (Lipinski definition) is 1. The normalized spacial score (nSPS) is 14.5. The van der Waals surface area contributed by atoms with E-state index in [-0.39, 0.29) is 5.91 Å². The Hall–Kier alpha value is -3.07. The van der Waals surface area contributed by atoms with E-state index < -0.39 is 0 Å². The lowest BCUT2D eigenvalue weighted by Gasteiger charge is -2.28. The zero-order valence-corrected chi connectivity index (χ0v) is 19.8. The third-order valence-electron chi connectivity index (χ3n) is 5.71. The van der Waals surface area contributed by atoms with Gasteiger partial charge in [-0.25, -0.2) is 14.6 Å². The van der Waals surface area contributed by atoms with Crippen LogP contribution in [0.2, 0.25) is 0 Å². The summed E-state index contributed by atoms with van der Waals surface area (Å²) in [5, 5.41) is 10.5. The van der Waals surface area contributed by atoms with Crippen LogP contribution in [0, 0.1) is 0 Å². The molecule has 1 saturated heterocycles. The summed E-state index contributed by atoms with van der Waals surface area (Å²) < 4.78 is 7.51. The summed E-state index contributed by atoms with van der Waals surface area (Å²) in [6.07, 6.45) is 5.48. The van der Waals surface area contributed by atoms with Crippen molar-refractivity contribution in [2.24, 2.45) is 0 Å². The molecule has 0 aliphatic carbocycles. The van der Waals surface area contributed by atoms with Gasteiger partial charge in [0.05, 0.1) is 18.1 Å². The smallest absolute Gasteiger partial charge is 0.287 e. The highest BCUT2D eigenvalue weighted by Gasteiger charge is 2.20. The summed E-state index contributed by atoms with van der Waals surface area (Å²) in [7, 11) is 0. The number of aromatic nitrogens is 4. The quantitative estimate of drug-likeness (QED) is 0.318. The van der Waals surface area contributed by atoms with Crippen molar-refractivity contribution in [1.82, 2.24) is 25.1 Å². The molecule has 4 heterocycles. The monoisotopic (exact) mass is 464 g/mol. The molecule has 172 valence electrons. The predicted octanol–water partition coefficient (Wildman–Crippen LogP) is 4.49. The number of anilines is 1. The van der Waals surface area contributed by atoms with E-state index in [2.05, 4.69) is 29.2 Å². The Morgan fingerprint density at radius 3 is 2.79 bits per heavy atom. The average Bonchev–Trinajstić information content (AvgIpc) is 3.43. The molecule has 0 radical (unpaired) electrons. The molecular formula is C24H28N6O2S. The minimum absolute atomic E-state index is 0.234. The minimum atomic E-state index is -0.234. The molecule has 1 fully saturated rings. The highest BCUT2D eigenvalue weighted by atomic mass is 32.2. The Kier molecular flexibility index (Phi) is 6.22. The number of piperidine rings is 1. The molecule has 1 aromatic carbocycles. The Morgan fingerprint density at radius 1 is 1.18 bits per heavy atom. The Bertz CT molecular complexity index is 1240. The first-order chi connectivity index (χ1) is 16.1. The Morgan fingerprint density at radius 2 is 2.00 bits per heavy atom. The van der Waals surface area contributed by atoms with Crippen LogP contribution in [0.1, 0.15) is 43.7 Å². The highest BCUT2D eigenvalue weighted by molar-refractivity contribution is 7.99. The largest absolute Gasteiger partial charge is 0.451 e. The Balaban J connectivity index is 1.34. The number of rotatable bonds is 7. The first-order valence-electron chi connectivity index (χ1n) is 11.5. The van der Waals surface area contributed by atoms with Crippen LogP contribution in [-0.2, 0) is 6.54 Å². The SMILES string of the molecule is CC(C)Sc1nc(N2CCCCC2)c2cnn(CCNC(=O)c3cc4ccccc4o3)c2n1. The van der Waals surface area contributed by atoms with Crippen molar-refractivity contribution < 1.29 is 9.21 Å². The number of furan rings is 1. The molecule has 0 unspecified atom stereocenters. The highest BCUT2D eigenvalue weighted by Crippen LogP contribution is 2.30. The van der Waals surface area contributed by atoms with Crippen LogP contribution in [0.5, 0.6) is 0 Å². The maximum absolute atomic E-state index is 12.6. The number of nitrogens with one attached hydrogen (secondary N) is 1. The number of nitrogens with zero attached hydrogens (tertiary/aromatic N) is 5. The third-order valence-corrected chi connectivity index (χ3v) is 6.58. The summed E-state index contributed by atoms with van der Waals surface area (Å²) in [6, 6.07) is 9.37. The molecule has 4 aromatic rings. The zero-order chi connectivity index (χ0) is 22.8. The van der Waals surface area contributed by atoms with E-state index in [1.807, 2.05) is 35.1 Å². The number of para-hydroxylation sites is 1. The molecule has 9 heteroatoms. The number of amides is 1. The van der Waals surface area contributed by atoms with Gasteiger partial charge in [0.15, 0.2) is 16.6 Å². The van der Waals surface area contributed by atoms with Crippen LogP contribution >= 0.6 is 11.8 Å². The first kappa shape index (κ1) is 21.8. The fraction of sp³-hybridized carbons (Fsp3) is 0.417. The van der Waals surface area contributed by atoms with Crippen LogP contribution in [0.15, 0.2) is 46.1 Å². The molecule has 0 saturated carbocycles. The van der Waals surface area contributed by atoms with Gasteiger partial charge in [-0.05, 0) is 31.4 Å². The summed E-state index contributed by atoms with van der Waals surface area (Å²) in [4.78, 5) is 24.6. The maximum Gasteiger partial charge on any atom is 0.287 e. The van der Waals surface area contributed by atoms with E-state index in [9.17, 15) is 4.79 Å².